The second-order valence-corrected chi connectivity index (χ2v) is 5.73. The summed E-state index contributed by atoms with van der Waals surface area (Å²) in [5, 5.41) is 4.80. The number of rotatable bonds is 6. The number of H-pyrrole nitrogens is 1. The topological polar surface area (TPSA) is 27.8 Å². The van der Waals surface area contributed by atoms with Crippen LogP contribution in [0.2, 0.25) is 0 Å². The van der Waals surface area contributed by atoms with Gasteiger partial charge in [-0.1, -0.05) is 32.0 Å². The van der Waals surface area contributed by atoms with Crippen molar-refractivity contribution in [2.24, 2.45) is 0 Å². The summed E-state index contributed by atoms with van der Waals surface area (Å²) in [5.41, 5.74) is 2.70. The van der Waals surface area contributed by atoms with E-state index in [1.807, 2.05) is 0 Å². The van der Waals surface area contributed by atoms with E-state index >= 15 is 0 Å². The zero-order chi connectivity index (χ0) is 13.0. The van der Waals surface area contributed by atoms with E-state index in [1.54, 1.807) is 0 Å². The van der Waals surface area contributed by atoms with Crippen LogP contribution in [0.15, 0.2) is 30.5 Å². The molecule has 18 heavy (non-hydrogen) atoms. The van der Waals surface area contributed by atoms with Crippen molar-refractivity contribution in [2.45, 2.75) is 25.7 Å². The fourth-order valence-corrected chi connectivity index (χ4v) is 2.45. The maximum absolute atomic E-state index is 5.68. The maximum Gasteiger partial charge on any atom is 0.0457 e. The Morgan fingerprint density at radius 1 is 1.28 bits per heavy atom. The highest BCUT2D eigenvalue weighted by Gasteiger charge is 2.23. The summed E-state index contributed by atoms with van der Waals surface area (Å²) in [6.45, 7) is 6.49. The van der Waals surface area contributed by atoms with Gasteiger partial charge in [0.05, 0.1) is 0 Å². The van der Waals surface area contributed by atoms with Crippen LogP contribution in [0.5, 0.6) is 0 Å². The zero-order valence-electron chi connectivity index (χ0n) is 11.1. The molecule has 0 saturated heterocycles. The molecular weight excluding hydrogens is 244 g/mol. The summed E-state index contributed by atoms with van der Waals surface area (Å²) in [6.07, 6.45) is 3.15. The molecule has 0 amide bonds. The average molecular weight is 265 g/mol. The lowest BCUT2D eigenvalue weighted by Crippen LogP contribution is -2.33. The number of nitrogens with one attached hydrogen (secondary N) is 2. The van der Waals surface area contributed by atoms with Crippen LogP contribution in [0, 0.1) is 0 Å². The summed E-state index contributed by atoms with van der Waals surface area (Å²) in [7, 11) is 0. The second-order valence-electron chi connectivity index (χ2n) is 5.35. The summed E-state index contributed by atoms with van der Waals surface area (Å²) in [6, 6.07) is 8.46. The van der Waals surface area contributed by atoms with E-state index in [-0.39, 0.29) is 5.41 Å². The van der Waals surface area contributed by atoms with Crippen molar-refractivity contribution in [1.29, 1.82) is 0 Å². The molecule has 0 bridgehead atoms. The first-order chi connectivity index (χ1) is 8.65. The minimum Gasteiger partial charge on any atom is -0.361 e. The van der Waals surface area contributed by atoms with Crippen molar-refractivity contribution < 1.29 is 0 Å². The Kier molecular flexibility index (Phi) is 4.31. The first-order valence-electron chi connectivity index (χ1n) is 6.48. The summed E-state index contributed by atoms with van der Waals surface area (Å²) < 4.78 is 0. The number of alkyl halides is 1. The quantitative estimate of drug-likeness (QED) is 0.605. The van der Waals surface area contributed by atoms with Gasteiger partial charge in [-0.3, -0.25) is 0 Å². The van der Waals surface area contributed by atoms with Crippen molar-refractivity contribution in [1.82, 2.24) is 10.3 Å². The fourth-order valence-electron chi connectivity index (χ4n) is 2.32. The number of aromatic amines is 1. The molecule has 0 unspecified atom stereocenters. The maximum atomic E-state index is 5.68. The Balaban J connectivity index is 2.13. The molecular formula is C15H21ClN2. The number of aromatic nitrogens is 1. The molecule has 98 valence electrons. The predicted molar refractivity (Wildman–Crippen MR) is 79.5 cm³/mol. The van der Waals surface area contributed by atoms with Gasteiger partial charge in [0.15, 0.2) is 0 Å². The molecule has 1 heterocycles. The van der Waals surface area contributed by atoms with Crippen LogP contribution >= 0.6 is 11.6 Å². The standard InChI is InChI=1S/C15H21ClN2/c1-15(2,11-17-9-5-8-16)13-10-18-14-7-4-3-6-12(13)14/h3-4,6-7,10,17-18H,5,8-9,11H2,1-2H3. The van der Waals surface area contributed by atoms with Gasteiger partial charge in [0.2, 0.25) is 0 Å². The van der Waals surface area contributed by atoms with Crippen molar-refractivity contribution in [3.05, 3.63) is 36.0 Å². The van der Waals surface area contributed by atoms with Crippen LogP contribution in [0.4, 0.5) is 0 Å². The molecule has 0 spiro atoms. The van der Waals surface area contributed by atoms with Crippen LogP contribution in [0.1, 0.15) is 25.8 Å². The molecule has 0 radical (unpaired) electrons. The number of hydrogen-bond donors (Lipinski definition) is 2. The lowest BCUT2D eigenvalue weighted by atomic mass is 9.84. The monoisotopic (exact) mass is 264 g/mol. The Hall–Kier alpha value is -0.990. The predicted octanol–water partition coefficient (Wildman–Crippen LogP) is 3.66. The number of halogens is 1. The first kappa shape index (κ1) is 13.4. The normalized spacial score (nSPS) is 12.2. The first-order valence-corrected chi connectivity index (χ1v) is 7.02. The van der Waals surface area contributed by atoms with Gasteiger partial charge in [0.1, 0.15) is 0 Å². The molecule has 2 nitrogen and oxygen atoms in total. The van der Waals surface area contributed by atoms with E-state index in [4.69, 9.17) is 11.6 Å². The minimum absolute atomic E-state index is 0.117. The molecule has 0 aliphatic carbocycles. The molecule has 0 saturated carbocycles. The molecule has 1 aromatic carbocycles. The third-order valence-corrected chi connectivity index (χ3v) is 3.64. The average Bonchev–Trinajstić information content (AvgIpc) is 2.79. The summed E-state index contributed by atoms with van der Waals surface area (Å²) in [5.74, 6) is 0.723. The van der Waals surface area contributed by atoms with E-state index in [0.717, 1.165) is 25.4 Å². The third-order valence-electron chi connectivity index (χ3n) is 3.37. The van der Waals surface area contributed by atoms with Crippen molar-refractivity contribution in [3.63, 3.8) is 0 Å². The smallest absolute Gasteiger partial charge is 0.0457 e. The highest BCUT2D eigenvalue weighted by Crippen LogP contribution is 2.29. The molecule has 2 aromatic rings. The molecule has 2 N–H and O–H groups in total. The van der Waals surface area contributed by atoms with Gasteiger partial charge in [0.25, 0.3) is 0 Å². The lowest BCUT2D eigenvalue weighted by molar-refractivity contribution is 0.473. The van der Waals surface area contributed by atoms with Crippen molar-refractivity contribution in [2.75, 3.05) is 19.0 Å². The van der Waals surface area contributed by atoms with Gasteiger partial charge in [-0.15, -0.1) is 11.6 Å². The van der Waals surface area contributed by atoms with Gasteiger partial charge in [-0.2, -0.15) is 0 Å². The molecule has 2 rings (SSSR count). The van der Waals surface area contributed by atoms with Crippen LogP contribution in [-0.4, -0.2) is 24.0 Å². The van der Waals surface area contributed by atoms with E-state index < -0.39 is 0 Å². The Bertz CT molecular complexity index is 502. The molecule has 0 fully saturated rings. The van der Waals surface area contributed by atoms with Crippen molar-refractivity contribution >= 4 is 22.5 Å². The van der Waals surface area contributed by atoms with E-state index in [0.29, 0.717) is 0 Å². The molecule has 0 atom stereocenters. The zero-order valence-corrected chi connectivity index (χ0v) is 11.8. The second kappa shape index (κ2) is 5.77. The fraction of sp³-hybridized carbons (Fsp3) is 0.467. The Labute approximate surface area is 114 Å². The number of fused-ring (bicyclic) bond motifs is 1. The largest absolute Gasteiger partial charge is 0.361 e. The Morgan fingerprint density at radius 2 is 2.06 bits per heavy atom. The number of hydrogen-bond acceptors (Lipinski definition) is 1. The van der Waals surface area contributed by atoms with Gasteiger partial charge in [0, 0.05) is 34.9 Å². The SMILES string of the molecule is CC(C)(CNCCCCl)c1c[nH]c2ccccc12. The molecule has 0 aliphatic rings. The minimum atomic E-state index is 0.117. The third kappa shape index (κ3) is 2.88. The molecule has 0 aliphatic heterocycles. The molecule has 1 aromatic heterocycles. The van der Waals surface area contributed by atoms with Crippen LogP contribution in [0.25, 0.3) is 10.9 Å². The number of benzene rings is 1. The van der Waals surface area contributed by atoms with E-state index in [1.165, 1.54) is 16.5 Å². The number of para-hydroxylation sites is 1. The highest BCUT2D eigenvalue weighted by atomic mass is 35.5. The highest BCUT2D eigenvalue weighted by molar-refractivity contribution is 6.17. The van der Waals surface area contributed by atoms with Gasteiger partial charge in [-0.05, 0) is 24.6 Å². The van der Waals surface area contributed by atoms with Gasteiger partial charge >= 0.3 is 0 Å². The van der Waals surface area contributed by atoms with Crippen LogP contribution < -0.4 is 5.32 Å². The van der Waals surface area contributed by atoms with Crippen LogP contribution in [0.3, 0.4) is 0 Å². The van der Waals surface area contributed by atoms with Crippen molar-refractivity contribution in [3.8, 4) is 0 Å². The van der Waals surface area contributed by atoms with Gasteiger partial charge < -0.3 is 10.3 Å². The summed E-state index contributed by atoms with van der Waals surface area (Å²) >= 11 is 5.68. The molecule has 3 heteroatoms. The van der Waals surface area contributed by atoms with E-state index in [2.05, 4.69) is 54.6 Å². The van der Waals surface area contributed by atoms with Crippen LogP contribution in [-0.2, 0) is 5.41 Å². The summed E-state index contributed by atoms with van der Waals surface area (Å²) in [4.78, 5) is 3.35. The Morgan fingerprint density at radius 3 is 2.83 bits per heavy atom. The van der Waals surface area contributed by atoms with E-state index in [9.17, 15) is 0 Å². The van der Waals surface area contributed by atoms with Gasteiger partial charge in [-0.25, -0.2) is 0 Å². The lowest BCUT2D eigenvalue weighted by Gasteiger charge is -2.25.